The van der Waals surface area contributed by atoms with Crippen LogP contribution >= 0.6 is 11.9 Å². The molecule has 1 aromatic heterocycles. The Kier molecular flexibility index (Phi) is 6.50. The van der Waals surface area contributed by atoms with E-state index in [1.807, 2.05) is 69.3 Å². The fourth-order valence-corrected chi connectivity index (χ4v) is 4.45. The van der Waals surface area contributed by atoms with Crippen molar-refractivity contribution in [2.75, 3.05) is 17.8 Å². The number of likely N-dealkylation sites (tertiary alicyclic amines) is 1. The van der Waals surface area contributed by atoms with Crippen LogP contribution in [0.15, 0.2) is 59.6 Å². The first-order valence-corrected chi connectivity index (χ1v) is 11.5. The Morgan fingerprint density at radius 2 is 1.91 bits per heavy atom. The Morgan fingerprint density at radius 3 is 2.66 bits per heavy atom. The Balaban J connectivity index is 1.34. The summed E-state index contributed by atoms with van der Waals surface area (Å²) >= 11 is 1.51. The van der Waals surface area contributed by atoms with Crippen LogP contribution in [0.2, 0.25) is 0 Å². The second-order valence-electron chi connectivity index (χ2n) is 8.24. The lowest BCUT2D eigenvalue weighted by molar-refractivity contribution is 0.0577. The van der Waals surface area contributed by atoms with E-state index >= 15 is 0 Å². The highest BCUT2D eigenvalue weighted by atomic mass is 32.2. The van der Waals surface area contributed by atoms with E-state index in [1.54, 1.807) is 11.1 Å². The minimum Gasteiger partial charge on any atom is -0.336 e. The number of fused-ring (bicyclic) bond motifs is 1. The quantitative estimate of drug-likeness (QED) is 0.491. The molecule has 0 radical (unpaired) electrons. The van der Waals surface area contributed by atoms with E-state index in [4.69, 9.17) is 0 Å². The number of nitrogens with one attached hydrogen (secondary N) is 3. The lowest BCUT2D eigenvalue weighted by atomic mass is 10.0. The van der Waals surface area contributed by atoms with E-state index in [0.717, 1.165) is 27.0 Å². The molecule has 2 aromatic carbocycles. The van der Waals surface area contributed by atoms with Crippen LogP contribution in [0, 0.1) is 6.92 Å². The van der Waals surface area contributed by atoms with Gasteiger partial charge in [-0.2, -0.15) is 0 Å². The lowest BCUT2D eigenvalue weighted by Gasteiger charge is -2.39. The number of urea groups is 1. The molecule has 0 aliphatic carbocycles. The number of amides is 3. The maximum absolute atomic E-state index is 12.8. The summed E-state index contributed by atoms with van der Waals surface area (Å²) in [5, 5.41) is 6.78. The monoisotopic (exact) mass is 449 g/mol. The molecule has 1 fully saturated rings. The Hall–Kier alpha value is -3.26. The highest BCUT2D eigenvalue weighted by Gasteiger charge is 2.32. The van der Waals surface area contributed by atoms with Gasteiger partial charge >= 0.3 is 6.03 Å². The zero-order valence-corrected chi connectivity index (χ0v) is 19.2. The van der Waals surface area contributed by atoms with Gasteiger partial charge in [-0.15, -0.1) is 0 Å². The highest BCUT2D eigenvalue weighted by molar-refractivity contribution is 8.00. The number of carbonyl (C=O) groups excluding carboxylic acids is 2. The first-order valence-electron chi connectivity index (χ1n) is 10.6. The molecule has 0 bridgehead atoms. The molecule has 32 heavy (non-hydrogen) atoms. The van der Waals surface area contributed by atoms with Crippen LogP contribution in [0.25, 0.3) is 10.9 Å². The van der Waals surface area contributed by atoms with Crippen LogP contribution < -0.4 is 15.4 Å². The summed E-state index contributed by atoms with van der Waals surface area (Å²) in [5.74, 6) is -0.0205. The van der Waals surface area contributed by atoms with Crippen LogP contribution in [0.4, 0.5) is 10.5 Å². The second kappa shape index (κ2) is 9.48. The normalized spacial score (nSPS) is 13.7. The number of nitrogens with zero attached hydrogens (tertiary/aromatic N) is 2. The van der Waals surface area contributed by atoms with Gasteiger partial charge in [-0.3, -0.25) is 9.78 Å². The van der Waals surface area contributed by atoms with E-state index in [-0.39, 0.29) is 24.0 Å². The molecule has 7 nitrogen and oxygen atoms in total. The summed E-state index contributed by atoms with van der Waals surface area (Å²) in [6, 6.07) is 15.6. The van der Waals surface area contributed by atoms with Crippen molar-refractivity contribution in [2.24, 2.45) is 0 Å². The minimum atomic E-state index is -0.192. The number of pyridine rings is 1. The maximum Gasteiger partial charge on any atom is 0.315 e. The molecule has 0 saturated carbocycles. The number of rotatable bonds is 6. The molecule has 1 aliphatic rings. The predicted molar refractivity (Wildman–Crippen MR) is 129 cm³/mol. The van der Waals surface area contributed by atoms with Crippen LogP contribution in [0.3, 0.4) is 0 Å². The molecule has 4 rings (SSSR count). The summed E-state index contributed by atoms with van der Waals surface area (Å²) in [5.41, 5.74) is 3.55. The van der Waals surface area contributed by atoms with Crippen molar-refractivity contribution >= 4 is 40.5 Å². The van der Waals surface area contributed by atoms with Crippen molar-refractivity contribution in [3.8, 4) is 0 Å². The summed E-state index contributed by atoms with van der Waals surface area (Å²) in [4.78, 5) is 31.9. The van der Waals surface area contributed by atoms with E-state index < -0.39 is 0 Å². The molecule has 3 N–H and O–H groups in total. The SMILES string of the molecule is Cc1cc(C(=O)N2CC(NC(=O)NC(C)C)C2)ccc1NSc1cccc2cccnc12. The van der Waals surface area contributed by atoms with Crippen molar-refractivity contribution in [1.29, 1.82) is 0 Å². The van der Waals surface area contributed by atoms with Crippen LogP contribution in [0.5, 0.6) is 0 Å². The van der Waals surface area contributed by atoms with E-state index in [2.05, 4.69) is 20.3 Å². The number of aromatic nitrogens is 1. The molecule has 8 heteroatoms. The number of anilines is 1. The molecular formula is C24H27N5O2S. The van der Waals surface area contributed by atoms with Gasteiger partial charge in [0.15, 0.2) is 0 Å². The molecule has 3 aromatic rings. The van der Waals surface area contributed by atoms with Gasteiger partial charge in [0.1, 0.15) is 0 Å². The zero-order valence-electron chi connectivity index (χ0n) is 18.4. The smallest absolute Gasteiger partial charge is 0.315 e. The van der Waals surface area contributed by atoms with Gasteiger partial charge in [-0.05, 0) is 68.6 Å². The number of carbonyl (C=O) groups is 2. The van der Waals surface area contributed by atoms with Crippen molar-refractivity contribution in [2.45, 2.75) is 37.8 Å². The topological polar surface area (TPSA) is 86.4 Å². The average molecular weight is 450 g/mol. The average Bonchev–Trinajstić information content (AvgIpc) is 2.74. The number of hydrogen-bond acceptors (Lipinski definition) is 5. The molecule has 0 spiro atoms. The molecular weight excluding hydrogens is 422 g/mol. The third kappa shape index (κ3) is 4.96. The Labute approximate surface area is 192 Å². The number of para-hydroxylation sites is 1. The summed E-state index contributed by atoms with van der Waals surface area (Å²) in [7, 11) is 0. The van der Waals surface area contributed by atoms with Crippen LogP contribution in [0.1, 0.15) is 29.8 Å². The van der Waals surface area contributed by atoms with E-state index in [9.17, 15) is 9.59 Å². The van der Waals surface area contributed by atoms with Gasteiger partial charge in [0.25, 0.3) is 5.91 Å². The fraction of sp³-hybridized carbons (Fsp3) is 0.292. The molecule has 3 amide bonds. The van der Waals surface area contributed by atoms with Gasteiger partial charge in [0.05, 0.1) is 16.5 Å². The third-order valence-corrected chi connectivity index (χ3v) is 6.14. The van der Waals surface area contributed by atoms with Gasteiger partial charge in [-0.1, -0.05) is 18.2 Å². The zero-order chi connectivity index (χ0) is 22.7. The maximum atomic E-state index is 12.8. The summed E-state index contributed by atoms with van der Waals surface area (Å²) < 4.78 is 3.39. The predicted octanol–water partition coefficient (Wildman–Crippen LogP) is 4.19. The van der Waals surface area contributed by atoms with Gasteiger partial charge in [-0.25, -0.2) is 4.79 Å². The molecule has 1 aliphatic heterocycles. The van der Waals surface area contributed by atoms with Gasteiger partial charge in [0.2, 0.25) is 0 Å². The molecule has 1 saturated heterocycles. The standard InChI is InChI=1S/C24H27N5O2S/c1-15(2)26-24(31)27-19-13-29(14-19)23(30)18-9-10-20(16(3)12-18)28-32-21-8-4-6-17-7-5-11-25-22(17)21/h4-12,15,19,28H,13-14H2,1-3H3,(H2,26,27,31). The van der Waals surface area contributed by atoms with E-state index in [1.165, 1.54) is 11.9 Å². The second-order valence-corrected chi connectivity index (χ2v) is 9.09. The Morgan fingerprint density at radius 1 is 1.12 bits per heavy atom. The van der Waals surface area contributed by atoms with Crippen molar-refractivity contribution in [1.82, 2.24) is 20.5 Å². The molecule has 2 heterocycles. The van der Waals surface area contributed by atoms with Gasteiger partial charge in [0, 0.05) is 42.0 Å². The van der Waals surface area contributed by atoms with Crippen LogP contribution in [-0.4, -0.2) is 47.0 Å². The summed E-state index contributed by atoms with van der Waals surface area (Å²) in [6.07, 6.45) is 1.80. The Bertz CT molecular complexity index is 1140. The summed E-state index contributed by atoms with van der Waals surface area (Å²) in [6.45, 7) is 6.85. The van der Waals surface area contributed by atoms with Crippen LogP contribution in [-0.2, 0) is 0 Å². The molecule has 166 valence electrons. The molecule has 0 unspecified atom stereocenters. The number of benzene rings is 2. The third-order valence-electron chi connectivity index (χ3n) is 5.26. The highest BCUT2D eigenvalue weighted by Crippen LogP contribution is 2.29. The largest absolute Gasteiger partial charge is 0.336 e. The van der Waals surface area contributed by atoms with E-state index in [0.29, 0.717) is 18.7 Å². The van der Waals surface area contributed by atoms with Crippen molar-refractivity contribution < 1.29 is 9.59 Å². The minimum absolute atomic E-state index is 0.00885. The molecule has 0 atom stereocenters. The number of hydrogen-bond donors (Lipinski definition) is 3. The van der Waals surface area contributed by atoms with Gasteiger partial charge < -0.3 is 20.3 Å². The fourth-order valence-electron chi connectivity index (χ4n) is 3.59. The van der Waals surface area contributed by atoms with Crippen molar-refractivity contribution in [3.63, 3.8) is 0 Å². The van der Waals surface area contributed by atoms with Crippen molar-refractivity contribution in [3.05, 3.63) is 65.9 Å². The first kappa shape index (κ1) is 22.0. The lowest BCUT2D eigenvalue weighted by Crippen LogP contribution is -2.62. The first-order chi connectivity index (χ1) is 15.4. The number of aryl methyl sites for hydroxylation is 1.